The molecule has 0 radical (unpaired) electrons. The number of cyclic esters (lactones) is 1. The maximum absolute atomic E-state index is 14.1. The summed E-state index contributed by atoms with van der Waals surface area (Å²) in [5.74, 6) is -3.56. The number of aldehydes is 1. The van der Waals surface area contributed by atoms with Crippen LogP contribution < -0.4 is 0 Å². The standard InChI is InChI=1S/C43H69NO14/c1-12-32-29(21-54-43-41(52-11)40(51-10)37(49)27(7)56-43)15-22(2)13-14-31(46)24(4)17-30-28(19-45)16-23(3)20-53-33(18-34(47)57-32)25(5)39(30)58-42-38(50)35(44(8)9)36(48)26(6)55-42/h13-15,19,24-30,32-33,35-43,48-50H,3,12,16-18,20-21H2,1-2,4-11H3/b14-13+,22-15+/t24-,25+,26?,27?,28?,29-,30-,32-,33-,35?,36+,37+,38?,39-,40+,41?,42+,43-/m1/s1. The minimum atomic E-state index is -1.28. The van der Waals surface area contributed by atoms with Crippen LogP contribution in [0, 0.1) is 29.6 Å². The molecule has 3 fully saturated rings. The summed E-state index contributed by atoms with van der Waals surface area (Å²) in [6.45, 7) is 15.1. The number of hydrogen-bond acceptors (Lipinski definition) is 15. The molecule has 0 aliphatic carbocycles. The molecule has 15 nitrogen and oxygen atoms in total. The molecule has 4 heterocycles. The first-order valence-electron chi connectivity index (χ1n) is 20.6. The first-order valence-corrected chi connectivity index (χ1v) is 20.6. The van der Waals surface area contributed by atoms with Crippen LogP contribution in [0.3, 0.4) is 0 Å². The lowest BCUT2D eigenvalue weighted by atomic mass is 9.73. The molecule has 330 valence electrons. The van der Waals surface area contributed by atoms with E-state index in [9.17, 15) is 29.7 Å². The van der Waals surface area contributed by atoms with Gasteiger partial charge in [0.25, 0.3) is 0 Å². The molecule has 0 saturated carbocycles. The predicted molar refractivity (Wildman–Crippen MR) is 212 cm³/mol. The van der Waals surface area contributed by atoms with E-state index in [4.69, 9.17) is 37.9 Å². The number of carbonyl (C=O) groups is 3. The highest BCUT2D eigenvalue weighted by Gasteiger charge is 2.49. The number of carbonyl (C=O) groups excluding carboxylic acids is 3. The van der Waals surface area contributed by atoms with Crippen molar-refractivity contribution in [2.24, 2.45) is 29.6 Å². The summed E-state index contributed by atoms with van der Waals surface area (Å²) >= 11 is 0. The maximum atomic E-state index is 14.1. The molecular weight excluding hydrogens is 754 g/mol. The van der Waals surface area contributed by atoms with Gasteiger partial charge in [0.05, 0.1) is 56.2 Å². The van der Waals surface area contributed by atoms with Gasteiger partial charge in [0.15, 0.2) is 18.4 Å². The van der Waals surface area contributed by atoms with Gasteiger partial charge in [-0.05, 0) is 66.1 Å². The number of esters is 1. The monoisotopic (exact) mass is 823 g/mol. The quantitative estimate of drug-likeness (QED) is 0.166. The Labute approximate surface area is 344 Å². The first kappa shape index (κ1) is 48.3. The molecule has 3 saturated heterocycles. The number of fused-ring (bicyclic) bond motifs is 3. The minimum absolute atomic E-state index is 0.0384. The van der Waals surface area contributed by atoms with Crippen LogP contribution in [0.1, 0.15) is 67.2 Å². The van der Waals surface area contributed by atoms with Crippen molar-refractivity contribution in [2.75, 3.05) is 41.5 Å². The molecule has 18 atom stereocenters. The van der Waals surface area contributed by atoms with Gasteiger partial charge in [-0.1, -0.05) is 50.6 Å². The SMILES string of the molecule is C=C1CO[C@@H]2CC(=O)O[C@H](CC)[C@@H](CO[C@@H]3OC(C)[C@H](O)[C@H](OC)C3OC)/C=C(C)/C=C/C(=O)[C@H](C)C[C@H](C(C=O)C1)[C@H](O[C@@H]1OC(C)[C@H](O)C(N(C)C)C1O)[C@H]2C. The number of methoxy groups -OCH3 is 2. The lowest BCUT2D eigenvalue weighted by Gasteiger charge is -2.47. The van der Waals surface area contributed by atoms with E-state index in [0.717, 1.165) is 11.9 Å². The van der Waals surface area contributed by atoms with Gasteiger partial charge in [-0.15, -0.1) is 0 Å². The third-order valence-corrected chi connectivity index (χ3v) is 12.4. The molecule has 0 aromatic rings. The molecule has 15 heteroatoms. The Morgan fingerprint density at radius 1 is 0.914 bits per heavy atom. The Morgan fingerprint density at radius 2 is 1.57 bits per heavy atom. The fraction of sp³-hybridized carbons (Fsp3) is 0.791. The van der Waals surface area contributed by atoms with Gasteiger partial charge in [-0.3, -0.25) is 9.59 Å². The Kier molecular flexibility index (Phi) is 18.2. The fourth-order valence-electron chi connectivity index (χ4n) is 8.84. The van der Waals surface area contributed by atoms with Crippen molar-refractivity contribution in [3.63, 3.8) is 0 Å². The largest absolute Gasteiger partial charge is 0.462 e. The Morgan fingerprint density at radius 3 is 2.19 bits per heavy atom. The second-order valence-electron chi connectivity index (χ2n) is 16.9. The summed E-state index contributed by atoms with van der Waals surface area (Å²) < 4.78 is 49.0. The average molecular weight is 824 g/mol. The zero-order chi connectivity index (χ0) is 43.0. The Hall–Kier alpha value is -2.41. The number of ether oxygens (including phenoxy) is 8. The van der Waals surface area contributed by atoms with Crippen molar-refractivity contribution in [3.05, 3.63) is 36.0 Å². The summed E-state index contributed by atoms with van der Waals surface area (Å²) in [5, 5.41) is 33.2. The minimum Gasteiger partial charge on any atom is -0.462 e. The van der Waals surface area contributed by atoms with E-state index in [-0.39, 0.29) is 38.3 Å². The molecule has 4 aliphatic rings. The highest BCUT2D eigenvalue weighted by molar-refractivity contribution is 5.91. The van der Waals surface area contributed by atoms with Gasteiger partial charge in [0.2, 0.25) is 0 Å². The molecule has 4 rings (SSSR count). The maximum Gasteiger partial charge on any atom is 0.308 e. The number of rotatable bonds is 10. The van der Waals surface area contributed by atoms with Crippen LogP contribution >= 0.6 is 0 Å². The molecule has 6 unspecified atom stereocenters. The third kappa shape index (κ3) is 11.7. The Balaban J connectivity index is 1.74. The van der Waals surface area contributed by atoms with Crippen LogP contribution in [-0.4, -0.2) is 159 Å². The summed E-state index contributed by atoms with van der Waals surface area (Å²) in [6, 6.07) is -0.723. The van der Waals surface area contributed by atoms with E-state index in [0.29, 0.717) is 12.0 Å². The van der Waals surface area contributed by atoms with E-state index in [2.05, 4.69) is 6.58 Å². The van der Waals surface area contributed by atoms with Crippen LogP contribution in [0.25, 0.3) is 0 Å². The lowest BCUT2D eigenvalue weighted by Crippen LogP contribution is -2.63. The number of likely N-dealkylation sites (N-methyl/N-ethyl adjacent to an activating group) is 1. The fourth-order valence-corrected chi connectivity index (χ4v) is 8.84. The van der Waals surface area contributed by atoms with E-state index in [1.165, 1.54) is 20.3 Å². The van der Waals surface area contributed by atoms with Crippen LogP contribution in [0.4, 0.5) is 0 Å². The summed E-state index contributed by atoms with van der Waals surface area (Å²) in [7, 11) is 6.46. The molecule has 0 amide bonds. The predicted octanol–water partition coefficient (Wildman–Crippen LogP) is 2.77. The molecule has 58 heavy (non-hydrogen) atoms. The van der Waals surface area contributed by atoms with Gasteiger partial charge < -0.3 is 62.9 Å². The van der Waals surface area contributed by atoms with Gasteiger partial charge in [0, 0.05) is 37.9 Å². The number of nitrogens with zero attached hydrogens (tertiary/aromatic N) is 1. The molecule has 3 N–H and O–H groups in total. The zero-order valence-electron chi connectivity index (χ0n) is 35.9. The van der Waals surface area contributed by atoms with Crippen LogP contribution in [0.15, 0.2) is 36.0 Å². The van der Waals surface area contributed by atoms with Gasteiger partial charge in [-0.2, -0.15) is 0 Å². The normalized spacial score (nSPS) is 44.1. The van der Waals surface area contributed by atoms with E-state index in [1.54, 1.807) is 38.9 Å². The van der Waals surface area contributed by atoms with Gasteiger partial charge in [0.1, 0.15) is 36.8 Å². The molecule has 4 aliphatic heterocycles. The first-order chi connectivity index (χ1) is 27.4. The smallest absolute Gasteiger partial charge is 0.308 e. The molecular formula is C43H69NO14. The van der Waals surface area contributed by atoms with Crippen molar-refractivity contribution in [1.82, 2.24) is 4.90 Å². The second kappa shape index (κ2) is 21.9. The van der Waals surface area contributed by atoms with Gasteiger partial charge >= 0.3 is 5.97 Å². The molecule has 0 aromatic heterocycles. The average Bonchev–Trinajstić information content (AvgIpc) is 3.22. The third-order valence-electron chi connectivity index (χ3n) is 12.4. The van der Waals surface area contributed by atoms with E-state index >= 15 is 0 Å². The lowest BCUT2D eigenvalue weighted by molar-refractivity contribution is -0.305. The summed E-state index contributed by atoms with van der Waals surface area (Å²) in [6.07, 6.45) is -3.71. The topological polar surface area (TPSA) is 189 Å². The Bertz CT molecular complexity index is 1440. The van der Waals surface area contributed by atoms with Gasteiger partial charge in [-0.25, -0.2) is 0 Å². The summed E-state index contributed by atoms with van der Waals surface area (Å²) in [4.78, 5) is 42.6. The van der Waals surface area contributed by atoms with E-state index < -0.39 is 115 Å². The number of aliphatic hydroxyl groups excluding tert-OH is 3. The van der Waals surface area contributed by atoms with Crippen LogP contribution in [0.5, 0.6) is 0 Å². The molecule has 0 spiro atoms. The summed E-state index contributed by atoms with van der Waals surface area (Å²) in [5.41, 5.74) is 1.37. The number of hydrogen-bond donors (Lipinski definition) is 3. The van der Waals surface area contributed by atoms with Crippen molar-refractivity contribution in [3.8, 4) is 0 Å². The van der Waals surface area contributed by atoms with Crippen LogP contribution in [-0.2, 0) is 52.3 Å². The number of ketones is 1. The number of aliphatic hydroxyl groups is 3. The highest BCUT2D eigenvalue weighted by Crippen LogP contribution is 2.39. The zero-order valence-corrected chi connectivity index (χ0v) is 35.9. The highest BCUT2D eigenvalue weighted by atomic mass is 16.7. The van der Waals surface area contributed by atoms with Crippen molar-refractivity contribution in [1.29, 1.82) is 0 Å². The van der Waals surface area contributed by atoms with Crippen molar-refractivity contribution in [2.45, 2.75) is 147 Å². The molecule has 2 bridgehead atoms. The molecule has 0 aromatic carbocycles. The van der Waals surface area contributed by atoms with Crippen molar-refractivity contribution >= 4 is 18.0 Å². The van der Waals surface area contributed by atoms with Crippen LogP contribution in [0.2, 0.25) is 0 Å². The van der Waals surface area contributed by atoms with E-state index in [1.807, 2.05) is 33.8 Å². The number of allylic oxidation sites excluding steroid dienone is 3. The van der Waals surface area contributed by atoms with Crippen molar-refractivity contribution < 1.29 is 67.6 Å². The second-order valence-corrected chi connectivity index (χ2v) is 16.9.